The third kappa shape index (κ3) is 4.10. The average Bonchev–Trinajstić information content (AvgIpc) is 3.44. The van der Waals surface area contributed by atoms with Crippen molar-refractivity contribution in [2.75, 3.05) is 13.2 Å². The molecule has 1 unspecified atom stereocenters. The highest BCUT2D eigenvalue weighted by atomic mass is 16.5. The molecular weight excluding hydrogens is 464 g/mol. The van der Waals surface area contributed by atoms with Gasteiger partial charge in [-0.2, -0.15) is 0 Å². The van der Waals surface area contributed by atoms with Crippen LogP contribution in [0.4, 0.5) is 0 Å². The predicted molar refractivity (Wildman–Crippen MR) is 143 cm³/mol. The fourth-order valence-corrected chi connectivity index (χ4v) is 5.63. The van der Waals surface area contributed by atoms with Crippen molar-refractivity contribution in [3.05, 3.63) is 71.7 Å². The first kappa shape index (κ1) is 20.4. The number of hydrogen-bond acceptors (Lipinski definition) is 6. The molecule has 37 heavy (non-hydrogen) atoms. The number of aromatic nitrogens is 6. The van der Waals surface area contributed by atoms with Crippen LogP contribution >= 0.6 is 0 Å². The fourth-order valence-electron chi connectivity index (χ4n) is 5.63. The zero-order chi connectivity index (χ0) is 28.2. The summed E-state index contributed by atoms with van der Waals surface area (Å²) >= 11 is 0. The van der Waals surface area contributed by atoms with Crippen molar-refractivity contribution in [1.82, 2.24) is 29.5 Å². The lowest BCUT2D eigenvalue weighted by Crippen LogP contribution is -2.27. The number of hydrogen-bond donors (Lipinski definition) is 1. The zero-order valence-electron chi connectivity index (χ0n) is 24.2. The summed E-state index contributed by atoms with van der Waals surface area (Å²) in [6.45, 7) is 1.89. The summed E-state index contributed by atoms with van der Waals surface area (Å²) in [6.07, 6.45) is 3.55. The van der Waals surface area contributed by atoms with E-state index in [2.05, 4.69) is 33.1 Å². The van der Waals surface area contributed by atoms with Gasteiger partial charge < -0.3 is 14.4 Å². The van der Waals surface area contributed by atoms with E-state index >= 15 is 0 Å². The SMILES string of the molecule is [2H]C([2H])([2H])C(C)(O)c1ccc2c3ncc(-c4c(C)nnn4C)cc3n([C@H](c3ccccc3)C3CCOCC3)c2n1. The number of aryl methyl sites for hydroxylation is 2. The number of pyridine rings is 2. The van der Waals surface area contributed by atoms with Gasteiger partial charge in [-0.1, -0.05) is 35.5 Å². The Labute approximate surface area is 220 Å². The van der Waals surface area contributed by atoms with Crippen LogP contribution in [0.1, 0.15) is 53.7 Å². The second-order valence-electron chi connectivity index (χ2n) is 10.1. The lowest BCUT2D eigenvalue weighted by molar-refractivity contribution is 0.0551. The second kappa shape index (κ2) is 9.04. The third-order valence-electron chi connectivity index (χ3n) is 7.38. The summed E-state index contributed by atoms with van der Waals surface area (Å²) in [5, 5.41) is 20.3. The molecule has 0 saturated carbocycles. The number of fused-ring (bicyclic) bond motifs is 3. The standard InChI is InChI=1S/C29H32N6O2/c1-18-26(34(4)33-32-18)21-16-23-25(30-17-21)22-10-11-24(29(2,3)36)31-28(22)35(23)27(19-8-6-5-7-9-19)20-12-14-37-15-13-20/h5-11,16-17,20,27,36H,12-15H2,1-4H3/t27-/m1/s1/i2D3/t27-,29?. The first-order valence-electron chi connectivity index (χ1n) is 14.1. The van der Waals surface area contributed by atoms with Crippen LogP contribution < -0.4 is 0 Å². The molecule has 1 N–H and O–H groups in total. The average molecular weight is 500 g/mol. The Morgan fingerprint density at radius 1 is 1.16 bits per heavy atom. The highest BCUT2D eigenvalue weighted by molar-refractivity contribution is 6.05. The van der Waals surface area contributed by atoms with Gasteiger partial charge in [0, 0.05) is 41.5 Å². The van der Waals surface area contributed by atoms with E-state index in [0.29, 0.717) is 18.9 Å². The Bertz CT molecular complexity index is 1670. The van der Waals surface area contributed by atoms with Crippen molar-refractivity contribution >= 4 is 22.1 Å². The van der Waals surface area contributed by atoms with E-state index in [4.69, 9.17) is 18.8 Å². The number of benzene rings is 1. The van der Waals surface area contributed by atoms with Gasteiger partial charge in [0.2, 0.25) is 0 Å². The molecule has 8 nitrogen and oxygen atoms in total. The van der Waals surface area contributed by atoms with E-state index in [9.17, 15) is 5.11 Å². The Morgan fingerprint density at radius 3 is 2.65 bits per heavy atom. The Balaban J connectivity index is 1.69. The zero-order valence-corrected chi connectivity index (χ0v) is 21.2. The molecule has 1 fully saturated rings. The fraction of sp³-hybridized carbons (Fsp3) is 0.379. The molecule has 0 bridgehead atoms. The molecule has 0 spiro atoms. The van der Waals surface area contributed by atoms with Gasteiger partial charge in [-0.25, -0.2) is 9.67 Å². The van der Waals surface area contributed by atoms with Gasteiger partial charge in [-0.3, -0.25) is 4.98 Å². The maximum Gasteiger partial charge on any atom is 0.143 e. The van der Waals surface area contributed by atoms with Crippen molar-refractivity contribution in [2.24, 2.45) is 13.0 Å². The number of aliphatic hydroxyl groups is 1. The van der Waals surface area contributed by atoms with Gasteiger partial charge in [-0.15, -0.1) is 5.10 Å². The summed E-state index contributed by atoms with van der Waals surface area (Å²) in [5.41, 5.74) is 3.83. The largest absolute Gasteiger partial charge is 0.384 e. The normalized spacial score (nSPS) is 18.9. The molecule has 0 amide bonds. The Morgan fingerprint density at radius 2 is 1.95 bits per heavy atom. The van der Waals surface area contributed by atoms with Crippen LogP contribution in [0.5, 0.6) is 0 Å². The van der Waals surface area contributed by atoms with E-state index in [-0.39, 0.29) is 17.7 Å². The van der Waals surface area contributed by atoms with E-state index < -0.39 is 12.5 Å². The molecule has 1 saturated heterocycles. The molecule has 0 aliphatic carbocycles. The van der Waals surface area contributed by atoms with Gasteiger partial charge in [0.05, 0.1) is 34.2 Å². The van der Waals surface area contributed by atoms with Crippen LogP contribution in [-0.2, 0) is 17.4 Å². The lowest BCUT2D eigenvalue weighted by atomic mass is 9.86. The van der Waals surface area contributed by atoms with Crippen LogP contribution in [0.3, 0.4) is 0 Å². The third-order valence-corrected chi connectivity index (χ3v) is 7.38. The molecule has 4 aromatic heterocycles. The van der Waals surface area contributed by atoms with Crippen molar-refractivity contribution < 1.29 is 14.0 Å². The first-order valence-corrected chi connectivity index (χ1v) is 12.6. The quantitative estimate of drug-likeness (QED) is 0.369. The molecule has 0 radical (unpaired) electrons. The lowest BCUT2D eigenvalue weighted by Gasteiger charge is -2.33. The maximum atomic E-state index is 11.1. The smallest absolute Gasteiger partial charge is 0.143 e. The summed E-state index contributed by atoms with van der Waals surface area (Å²) in [5.74, 6) is 0.243. The van der Waals surface area contributed by atoms with Crippen LogP contribution in [0.15, 0.2) is 54.7 Å². The van der Waals surface area contributed by atoms with Crippen molar-refractivity contribution in [3.63, 3.8) is 0 Å². The highest BCUT2D eigenvalue weighted by Crippen LogP contribution is 2.41. The summed E-state index contributed by atoms with van der Waals surface area (Å²) in [7, 11) is 1.86. The summed E-state index contributed by atoms with van der Waals surface area (Å²) < 4.78 is 33.5. The molecule has 1 aromatic carbocycles. The number of rotatable bonds is 5. The summed E-state index contributed by atoms with van der Waals surface area (Å²) in [4.78, 5) is 9.77. The minimum Gasteiger partial charge on any atom is -0.384 e. The van der Waals surface area contributed by atoms with E-state index in [0.717, 1.165) is 51.8 Å². The van der Waals surface area contributed by atoms with Gasteiger partial charge >= 0.3 is 0 Å². The van der Waals surface area contributed by atoms with Gasteiger partial charge in [0.15, 0.2) is 0 Å². The first-order chi connectivity index (χ1) is 19.1. The van der Waals surface area contributed by atoms with E-state index in [1.165, 1.54) is 6.92 Å². The number of ether oxygens (including phenoxy) is 1. The molecule has 190 valence electrons. The molecule has 2 atom stereocenters. The molecule has 5 heterocycles. The predicted octanol–water partition coefficient (Wildman–Crippen LogP) is 4.93. The van der Waals surface area contributed by atoms with E-state index in [1.807, 2.05) is 44.4 Å². The van der Waals surface area contributed by atoms with Gasteiger partial charge in [0.25, 0.3) is 0 Å². The van der Waals surface area contributed by atoms with E-state index in [1.54, 1.807) is 10.7 Å². The minimum atomic E-state index is -2.65. The molecule has 1 aliphatic heterocycles. The topological polar surface area (TPSA) is 90.9 Å². The Hall–Kier alpha value is -3.62. The van der Waals surface area contributed by atoms with Crippen LogP contribution in [0.2, 0.25) is 0 Å². The second-order valence-corrected chi connectivity index (χ2v) is 10.1. The Kier molecular flexibility index (Phi) is 5.00. The highest BCUT2D eigenvalue weighted by Gasteiger charge is 2.31. The monoisotopic (exact) mass is 499 g/mol. The number of nitrogens with zero attached hydrogens (tertiary/aromatic N) is 6. The van der Waals surface area contributed by atoms with Crippen LogP contribution in [-0.4, -0.2) is 47.8 Å². The molecule has 1 aliphatic rings. The van der Waals surface area contributed by atoms with Gasteiger partial charge in [-0.05, 0) is 63.2 Å². The molecular formula is C29H32N6O2. The molecule has 6 rings (SSSR count). The maximum absolute atomic E-state index is 11.1. The van der Waals surface area contributed by atoms with Crippen molar-refractivity contribution in [1.29, 1.82) is 0 Å². The van der Waals surface area contributed by atoms with Crippen LogP contribution in [0.25, 0.3) is 33.3 Å². The minimum absolute atomic E-state index is 0.0924. The van der Waals surface area contributed by atoms with Crippen molar-refractivity contribution in [3.8, 4) is 11.3 Å². The molecule has 8 heteroatoms. The van der Waals surface area contributed by atoms with Crippen LogP contribution in [0, 0.1) is 12.8 Å². The van der Waals surface area contributed by atoms with Crippen molar-refractivity contribution in [2.45, 2.75) is 45.2 Å². The van der Waals surface area contributed by atoms with Gasteiger partial charge in [0.1, 0.15) is 11.2 Å². The summed E-state index contributed by atoms with van der Waals surface area (Å²) in [6, 6.07) is 15.7. The molecule has 5 aromatic rings.